The molecule has 1 atom stereocenters. The largest absolute Gasteiger partial charge is 0.493 e. The molecule has 4 rings (SSSR count). The molecule has 2 aromatic carbocycles. The number of hydrogen-bond acceptors (Lipinski definition) is 3. The summed E-state index contributed by atoms with van der Waals surface area (Å²) in [5, 5.41) is 4.08. The third-order valence-electron chi connectivity index (χ3n) is 5.12. The van der Waals surface area contributed by atoms with Crippen molar-refractivity contribution in [1.82, 2.24) is 9.47 Å². The van der Waals surface area contributed by atoms with Crippen molar-refractivity contribution in [2.45, 2.75) is 12.6 Å². The summed E-state index contributed by atoms with van der Waals surface area (Å²) in [5.74, 6) is 1.42. The van der Waals surface area contributed by atoms with Gasteiger partial charge in [-0.05, 0) is 66.3 Å². The third-order valence-corrected chi connectivity index (χ3v) is 5.98. The predicted molar refractivity (Wildman–Crippen MR) is 123 cm³/mol. The second-order valence-electron chi connectivity index (χ2n) is 6.77. The van der Waals surface area contributed by atoms with Gasteiger partial charge in [0.2, 0.25) is 0 Å². The Kier molecular flexibility index (Phi) is 5.78. The summed E-state index contributed by atoms with van der Waals surface area (Å²) >= 11 is 9.29. The van der Waals surface area contributed by atoms with E-state index >= 15 is 0 Å². The van der Waals surface area contributed by atoms with E-state index in [0.717, 1.165) is 28.8 Å². The molecule has 0 spiro atoms. The normalized spacial score (nSPS) is 15.6. The molecule has 150 valence electrons. The molecular formula is C22H22BrN3O2S. The molecule has 7 heteroatoms. The fourth-order valence-electron chi connectivity index (χ4n) is 3.70. The molecule has 0 saturated carbocycles. The van der Waals surface area contributed by atoms with Crippen LogP contribution in [0.1, 0.15) is 17.3 Å². The van der Waals surface area contributed by atoms with Crippen LogP contribution >= 0.6 is 28.1 Å². The highest BCUT2D eigenvalue weighted by atomic mass is 79.9. The van der Waals surface area contributed by atoms with Gasteiger partial charge in [0.05, 0.1) is 20.3 Å². The van der Waals surface area contributed by atoms with Crippen LogP contribution in [0.5, 0.6) is 11.5 Å². The highest BCUT2D eigenvalue weighted by molar-refractivity contribution is 9.10. The van der Waals surface area contributed by atoms with Gasteiger partial charge in [0.25, 0.3) is 0 Å². The van der Waals surface area contributed by atoms with Gasteiger partial charge in [0, 0.05) is 35.1 Å². The molecule has 0 fully saturated rings. The van der Waals surface area contributed by atoms with Crippen molar-refractivity contribution in [2.75, 3.05) is 26.1 Å². The standard InChI is InChI=1S/C22H22BrN3O2S/c1-27-19-10-5-15(14-20(19)28-2)21-18-4-3-11-25(18)12-13-26(21)22(29)24-17-8-6-16(23)7-9-17/h3-11,14,21H,12-13H2,1-2H3,(H,24,29). The monoisotopic (exact) mass is 471 g/mol. The average Bonchev–Trinajstić information content (AvgIpc) is 3.23. The first-order chi connectivity index (χ1) is 14.1. The van der Waals surface area contributed by atoms with Crippen LogP contribution in [0.3, 0.4) is 0 Å². The summed E-state index contributed by atoms with van der Waals surface area (Å²) in [4.78, 5) is 2.23. The molecule has 3 aromatic rings. The lowest BCUT2D eigenvalue weighted by Gasteiger charge is -2.39. The van der Waals surface area contributed by atoms with Crippen LogP contribution in [0, 0.1) is 0 Å². The highest BCUT2D eigenvalue weighted by Crippen LogP contribution is 2.37. The maximum absolute atomic E-state index is 5.82. The lowest BCUT2D eigenvalue weighted by atomic mass is 9.99. The van der Waals surface area contributed by atoms with E-state index in [9.17, 15) is 0 Å². The highest BCUT2D eigenvalue weighted by Gasteiger charge is 2.31. The van der Waals surface area contributed by atoms with Crippen LogP contribution in [0.15, 0.2) is 65.3 Å². The van der Waals surface area contributed by atoms with Gasteiger partial charge in [-0.2, -0.15) is 0 Å². The number of ether oxygens (including phenoxy) is 2. The van der Waals surface area contributed by atoms with E-state index in [4.69, 9.17) is 21.7 Å². The van der Waals surface area contributed by atoms with Gasteiger partial charge in [-0.15, -0.1) is 0 Å². The molecule has 5 nitrogen and oxygen atoms in total. The second kappa shape index (κ2) is 8.47. The van der Waals surface area contributed by atoms with Gasteiger partial charge in [-0.1, -0.05) is 22.0 Å². The Morgan fingerprint density at radius 2 is 1.79 bits per heavy atom. The number of anilines is 1. The number of nitrogens with one attached hydrogen (secondary N) is 1. The zero-order valence-corrected chi connectivity index (χ0v) is 18.7. The van der Waals surface area contributed by atoms with E-state index in [1.165, 1.54) is 5.69 Å². The van der Waals surface area contributed by atoms with Gasteiger partial charge in [-0.3, -0.25) is 0 Å². The van der Waals surface area contributed by atoms with Crippen LogP contribution in [-0.2, 0) is 6.54 Å². The summed E-state index contributed by atoms with van der Waals surface area (Å²) in [6.45, 7) is 1.69. The first-order valence-corrected chi connectivity index (χ1v) is 10.5. The van der Waals surface area contributed by atoms with Crippen molar-refractivity contribution in [3.05, 3.63) is 76.5 Å². The molecule has 1 N–H and O–H groups in total. The van der Waals surface area contributed by atoms with Crippen molar-refractivity contribution in [3.8, 4) is 11.5 Å². The number of methoxy groups -OCH3 is 2. The van der Waals surface area contributed by atoms with Crippen molar-refractivity contribution in [1.29, 1.82) is 0 Å². The smallest absolute Gasteiger partial charge is 0.174 e. The Morgan fingerprint density at radius 1 is 1.03 bits per heavy atom. The van der Waals surface area contributed by atoms with E-state index in [1.54, 1.807) is 14.2 Å². The number of aromatic nitrogens is 1. The fraction of sp³-hybridized carbons (Fsp3) is 0.227. The van der Waals surface area contributed by atoms with Crippen molar-refractivity contribution in [3.63, 3.8) is 0 Å². The van der Waals surface area contributed by atoms with Crippen molar-refractivity contribution < 1.29 is 9.47 Å². The minimum absolute atomic E-state index is 0.0194. The van der Waals surface area contributed by atoms with Crippen LogP contribution in [0.4, 0.5) is 5.69 Å². The molecule has 0 radical (unpaired) electrons. The lowest BCUT2D eigenvalue weighted by Crippen LogP contribution is -2.44. The molecule has 0 saturated heterocycles. The molecule has 1 aromatic heterocycles. The average molecular weight is 472 g/mol. The zero-order chi connectivity index (χ0) is 20.4. The van der Waals surface area contributed by atoms with Crippen molar-refractivity contribution in [2.24, 2.45) is 0 Å². The van der Waals surface area contributed by atoms with E-state index in [0.29, 0.717) is 16.6 Å². The number of halogens is 1. The minimum Gasteiger partial charge on any atom is -0.493 e. The van der Waals surface area contributed by atoms with Gasteiger partial charge < -0.3 is 24.3 Å². The van der Waals surface area contributed by atoms with E-state index in [2.05, 4.69) is 55.1 Å². The van der Waals surface area contributed by atoms with Crippen LogP contribution in [0.25, 0.3) is 0 Å². The molecular weight excluding hydrogens is 450 g/mol. The number of fused-ring (bicyclic) bond motifs is 1. The summed E-state index contributed by atoms with van der Waals surface area (Å²) < 4.78 is 14.3. The van der Waals surface area contributed by atoms with Gasteiger partial charge in [0.15, 0.2) is 16.6 Å². The van der Waals surface area contributed by atoms with Crippen LogP contribution in [0.2, 0.25) is 0 Å². The Bertz CT molecular complexity index is 1020. The molecule has 0 bridgehead atoms. The van der Waals surface area contributed by atoms with Gasteiger partial charge in [0.1, 0.15) is 0 Å². The molecule has 0 amide bonds. The SMILES string of the molecule is COc1ccc(C2c3cccn3CCN2C(=S)Nc2ccc(Br)cc2)cc1OC. The molecule has 2 heterocycles. The number of nitrogens with zero attached hydrogens (tertiary/aromatic N) is 2. The molecule has 1 aliphatic heterocycles. The molecule has 1 aliphatic rings. The molecule has 0 aliphatic carbocycles. The molecule has 1 unspecified atom stereocenters. The molecule has 29 heavy (non-hydrogen) atoms. The Balaban J connectivity index is 1.69. The second-order valence-corrected chi connectivity index (χ2v) is 8.08. The first-order valence-electron chi connectivity index (χ1n) is 9.31. The van der Waals surface area contributed by atoms with Crippen LogP contribution < -0.4 is 14.8 Å². The number of rotatable bonds is 4. The number of thiocarbonyl (C=S) groups is 1. The Labute approximate surface area is 184 Å². The van der Waals surface area contributed by atoms with E-state index in [1.807, 2.05) is 36.4 Å². The predicted octanol–water partition coefficient (Wildman–Crippen LogP) is 5.07. The topological polar surface area (TPSA) is 38.7 Å². The fourth-order valence-corrected chi connectivity index (χ4v) is 4.28. The first kappa shape index (κ1) is 19.8. The minimum atomic E-state index is -0.0194. The van der Waals surface area contributed by atoms with Gasteiger partial charge >= 0.3 is 0 Å². The van der Waals surface area contributed by atoms with Gasteiger partial charge in [-0.25, -0.2) is 0 Å². The Morgan fingerprint density at radius 3 is 2.52 bits per heavy atom. The maximum atomic E-state index is 5.82. The summed E-state index contributed by atoms with van der Waals surface area (Å²) in [6.07, 6.45) is 2.12. The zero-order valence-electron chi connectivity index (χ0n) is 16.3. The summed E-state index contributed by atoms with van der Waals surface area (Å²) in [6, 6.07) is 18.3. The van der Waals surface area contributed by atoms with E-state index in [-0.39, 0.29) is 6.04 Å². The van der Waals surface area contributed by atoms with Crippen molar-refractivity contribution >= 4 is 38.9 Å². The number of hydrogen-bond donors (Lipinski definition) is 1. The number of benzene rings is 2. The Hall–Kier alpha value is -2.51. The maximum Gasteiger partial charge on any atom is 0.174 e. The van der Waals surface area contributed by atoms with Crippen LogP contribution in [-0.4, -0.2) is 35.3 Å². The quantitative estimate of drug-likeness (QED) is 0.537. The summed E-state index contributed by atoms with van der Waals surface area (Å²) in [7, 11) is 3.30. The summed E-state index contributed by atoms with van der Waals surface area (Å²) in [5.41, 5.74) is 3.26. The third kappa shape index (κ3) is 3.97. The van der Waals surface area contributed by atoms with E-state index < -0.39 is 0 Å². The lowest BCUT2D eigenvalue weighted by molar-refractivity contribution is 0.291.